The third-order valence-electron chi connectivity index (χ3n) is 4.39. The van der Waals surface area contributed by atoms with Crippen LogP contribution in [0.3, 0.4) is 0 Å². The van der Waals surface area contributed by atoms with Gasteiger partial charge in [0.25, 0.3) is 0 Å². The fourth-order valence-corrected chi connectivity index (χ4v) is 2.53. The first-order valence-electron chi connectivity index (χ1n) is 8.04. The van der Waals surface area contributed by atoms with E-state index in [4.69, 9.17) is 0 Å². The zero-order chi connectivity index (χ0) is 14.7. The molecule has 1 unspecified atom stereocenters. The first-order valence-corrected chi connectivity index (χ1v) is 8.04. The average Bonchev–Trinajstić information content (AvgIpc) is 3.37. The third kappa shape index (κ3) is 3.70. The van der Waals surface area contributed by atoms with E-state index in [1.807, 2.05) is 12.4 Å². The van der Waals surface area contributed by atoms with Crippen LogP contribution in [0.4, 0.5) is 0 Å². The summed E-state index contributed by atoms with van der Waals surface area (Å²) in [7, 11) is 0. The van der Waals surface area contributed by atoms with Gasteiger partial charge in [-0.3, -0.25) is 4.98 Å². The smallest absolute Gasteiger partial charge is 0.0346 e. The van der Waals surface area contributed by atoms with Gasteiger partial charge in [0.05, 0.1) is 0 Å². The first kappa shape index (κ1) is 14.3. The molecule has 110 valence electrons. The maximum absolute atomic E-state index is 4.39. The van der Waals surface area contributed by atoms with Crippen LogP contribution < -0.4 is 5.32 Å². The molecule has 1 aromatic carbocycles. The molecule has 0 bridgehead atoms. The van der Waals surface area contributed by atoms with Gasteiger partial charge >= 0.3 is 0 Å². The number of nitrogens with one attached hydrogen (secondary N) is 1. The molecule has 2 nitrogen and oxygen atoms in total. The largest absolute Gasteiger partial charge is 0.310 e. The minimum Gasteiger partial charge on any atom is -0.310 e. The van der Waals surface area contributed by atoms with Crippen LogP contribution in [0.1, 0.15) is 50.2 Å². The second kappa shape index (κ2) is 6.40. The maximum atomic E-state index is 4.39. The Morgan fingerprint density at radius 1 is 1.14 bits per heavy atom. The molecule has 2 aromatic rings. The zero-order valence-corrected chi connectivity index (χ0v) is 13.0. The lowest BCUT2D eigenvalue weighted by atomic mass is 9.96. The van der Waals surface area contributed by atoms with Crippen molar-refractivity contribution in [2.45, 2.75) is 51.6 Å². The lowest BCUT2D eigenvalue weighted by Gasteiger charge is -2.10. The number of pyridine rings is 1. The van der Waals surface area contributed by atoms with E-state index in [0.717, 1.165) is 12.6 Å². The summed E-state index contributed by atoms with van der Waals surface area (Å²) < 4.78 is 0. The topological polar surface area (TPSA) is 24.9 Å². The number of hydrogen-bond acceptors (Lipinski definition) is 2. The van der Waals surface area contributed by atoms with Gasteiger partial charge in [-0.15, -0.1) is 0 Å². The summed E-state index contributed by atoms with van der Waals surface area (Å²) in [5, 5.41) is 3.54. The number of rotatable bonds is 6. The molecule has 0 radical (unpaired) electrons. The van der Waals surface area contributed by atoms with Gasteiger partial charge in [0.2, 0.25) is 0 Å². The molecule has 0 amide bonds. The van der Waals surface area contributed by atoms with Crippen molar-refractivity contribution in [3.05, 3.63) is 53.9 Å². The molecule has 0 saturated heterocycles. The Bertz CT molecular complexity index is 585. The average molecular weight is 280 g/mol. The first-order chi connectivity index (χ1) is 10.3. The minimum absolute atomic E-state index is 0.631. The van der Waals surface area contributed by atoms with Crippen LogP contribution in [0.25, 0.3) is 11.1 Å². The van der Waals surface area contributed by atoms with Gasteiger partial charge in [0.15, 0.2) is 0 Å². The van der Waals surface area contributed by atoms with E-state index in [2.05, 4.69) is 54.5 Å². The molecule has 3 rings (SSSR count). The normalized spacial score (nSPS) is 15.9. The molecule has 0 aliphatic heterocycles. The van der Waals surface area contributed by atoms with E-state index < -0.39 is 0 Å². The molecule has 1 N–H and O–H groups in total. The van der Waals surface area contributed by atoms with Crippen molar-refractivity contribution < 1.29 is 0 Å². The summed E-state index contributed by atoms with van der Waals surface area (Å²) >= 11 is 0. The quantitative estimate of drug-likeness (QED) is 0.842. The van der Waals surface area contributed by atoms with Gasteiger partial charge in [0, 0.05) is 30.5 Å². The van der Waals surface area contributed by atoms with Gasteiger partial charge in [-0.25, -0.2) is 0 Å². The van der Waals surface area contributed by atoms with Crippen LogP contribution in [0.2, 0.25) is 0 Å². The maximum Gasteiger partial charge on any atom is 0.0346 e. The second-order valence-corrected chi connectivity index (χ2v) is 6.17. The predicted molar refractivity (Wildman–Crippen MR) is 88.2 cm³/mol. The van der Waals surface area contributed by atoms with Crippen molar-refractivity contribution in [3.8, 4) is 11.1 Å². The predicted octanol–water partition coefficient (Wildman–Crippen LogP) is 4.51. The lowest BCUT2D eigenvalue weighted by molar-refractivity contribution is 0.686. The van der Waals surface area contributed by atoms with Crippen molar-refractivity contribution in [3.63, 3.8) is 0 Å². The van der Waals surface area contributed by atoms with Crippen LogP contribution in [-0.2, 0) is 6.54 Å². The summed E-state index contributed by atoms with van der Waals surface area (Å²) in [5.74, 6) is 0.631. The highest BCUT2D eigenvalue weighted by Gasteiger charge is 2.19. The monoisotopic (exact) mass is 280 g/mol. The van der Waals surface area contributed by atoms with Gasteiger partial charge in [-0.05, 0) is 47.9 Å². The molecule has 21 heavy (non-hydrogen) atoms. The summed E-state index contributed by atoms with van der Waals surface area (Å²) in [6, 6.07) is 11.9. The molecule has 2 heteroatoms. The Morgan fingerprint density at radius 3 is 2.57 bits per heavy atom. The third-order valence-corrected chi connectivity index (χ3v) is 4.39. The number of hydrogen-bond donors (Lipinski definition) is 1. The van der Waals surface area contributed by atoms with Crippen LogP contribution in [0.15, 0.2) is 42.7 Å². The van der Waals surface area contributed by atoms with Gasteiger partial charge in [0.1, 0.15) is 0 Å². The van der Waals surface area contributed by atoms with Crippen LogP contribution in [0.5, 0.6) is 0 Å². The van der Waals surface area contributed by atoms with E-state index in [1.165, 1.54) is 41.5 Å². The molecule has 1 aromatic heterocycles. The number of benzene rings is 1. The van der Waals surface area contributed by atoms with E-state index in [1.54, 1.807) is 0 Å². The van der Waals surface area contributed by atoms with E-state index >= 15 is 0 Å². The Hall–Kier alpha value is -1.67. The number of aromatic nitrogens is 1. The van der Waals surface area contributed by atoms with Crippen molar-refractivity contribution in [2.75, 3.05) is 0 Å². The Labute approximate surface area is 127 Å². The summed E-state index contributed by atoms with van der Waals surface area (Å²) in [4.78, 5) is 4.39. The standard InChI is InChI=1S/C19H24N2/c1-3-14(2)16-4-6-17(7-5-16)18-10-15(11-20-13-18)12-21-19-8-9-19/h4-7,10-11,13-14,19,21H,3,8-9,12H2,1-2H3. The van der Waals surface area contributed by atoms with Crippen molar-refractivity contribution in [2.24, 2.45) is 0 Å². The Morgan fingerprint density at radius 2 is 1.90 bits per heavy atom. The molecule has 1 atom stereocenters. The van der Waals surface area contributed by atoms with Gasteiger partial charge in [-0.2, -0.15) is 0 Å². The fraction of sp³-hybridized carbons (Fsp3) is 0.421. The second-order valence-electron chi connectivity index (χ2n) is 6.17. The van der Waals surface area contributed by atoms with E-state index in [0.29, 0.717) is 5.92 Å². The minimum atomic E-state index is 0.631. The molecule has 0 spiro atoms. The molecular weight excluding hydrogens is 256 g/mol. The highest BCUT2D eigenvalue weighted by Crippen LogP contribution is 2.25. The lowest BCUT2D eigenvalue weighted by Crippen LogP contribution is -2.15. The van der Waals surface area contributed by atoms with Crippen LogP contribution in [0, 0.1) is 0 Å². The molecular formula is C19H24N2. The van der Waals surface area contributed by atoms with Gasteiger partial charge < -0.3 is 5.32 Å². The Kier molecular flexibility index (Phi) is 4.35. The van der Waals surface area contributed by atoms with Crippen molar-refractivity contribution in [1.82, 2.24) is 10.3 Å². The summed E-state index contributed by atoms with van der Waals surface area (Å²) in [6.07, 6.45) is 7.75. The van der Waals surface area contributed by atoms with Crippen molar-refractivity contribution >= 4 is 0 Å². The van der Waals surface area contributed by atoms with Crippen LogP contribution in [-0.4, -0.2) is 11.0 Å². The zero-order valence-electron chi connectivity index (χ0n) is 13.0. The summed E-state index contributed by atoms with van der Waals surface area (Å²) in [6.45, 7) is 5.44. The summed E-state index contributed by atoms with van der Waals surface area (Å²) in [5.41, 5.74) is 5.15. The fourth-order valence-electron chi connectivity index (χ4n) is 2.53. The molecule has 1 saturated carbocycles. The van der Waals surface area contributed by atoms with E-state index in [-0.39, 0.29) is 0 Å². The van der Waals surface area contributed by atoms with Gasteiger partial charge in [-0.1, -0.05) is 38.1 Å². The molecule has 1 aliphatic carbocycles. The van der Waals surface area contributed by atoms with E-state index in [9.17, 15) is 0 Å². The molecule has 1 fully saturated rings. The molecule has 1 aliphatic rings. The Balaban J connectivity index is 1.74. The van der Waals surface area contributed by atoms with Crippen molar-refractivity contribution in [1.29, 1.82) is 0 Å². The SMILES string of the molecule is CCC(C)c1ccc(-c2cncc(CNC3CC3)c2)cc1. The highest BCUT2D eigenvalue weighted by atomic mass is 14.9. The molecule has 1 heterocycles. The van der Waals surface area contributed by atoms with Crippen LogP contribution >= 0.6 is 0 Å². The number of nitrogens with zero attached hydrogens (tertiary/aromatic N) is 1. The highest BCUT2D eigenvalue weighted by molar-refractivity contribution is 5.63.